The standard InChI is InChI=1S/C19H25N5O2/c1-12-6-7-16-15(10-12)13(2)17(22-16)19(25)21-14(3)18-23-20-11-24(18)8-5-9-26-4/h6-7,10-11,14,22H,5,8-9H2,1-4H3,(H,21,25)/t14-/m0/s1. The van der Waals surface area contributed by atoms with Crippen molar-refractivity contribution in [3.05, 3.63) is 47.2 Å². The van der Waals surface area contributed by atoms with Crippen LogP contribution in [0.3, 0.4) is 0 Å². The lowest BCUT2D eigenvalue weighted by Gasteiger charge is -2.14. The number of nitrogens with one attached hydrogen (secondary N) is 2. The summed E-state index contributed by atoms with van der Waals surface area (Å²) in [7, 11) is 1.68. The number of amides is 1. The molecule has 1 atom stereocenters. The molecule has 0 aliphatic carbocycles. The van der Waals surface area contributed by atoms with Crippen LogP contribution in [0.1, 0.15) is 46.8 Å². The molecule has 2 heterocycles. The van der Waals surface area contributed by atoms with Gasteiger partial charge in [-0.15, -0.1) is 10.2 Å². The first-order chi connectivity index (χ1) is 12.5. The number of ether oxygens (including phenoxy) is 1. The van der Waals surface area contributed by atoms with Gasteiger partial charge in [-0.2, -0.15) is 0 Å². The van der Waals surface area contributed by atoms with Crippen LogP contribution in [0.2, 0.25) is 0 Å². The smallest absolute Gasteiger partial charge is 0.268 e. The number of H-pyrrole nitrogens is 1. The first kappa shape index (κ1) is 18.1. The van der Waals surface area contributed by atoms with Crippen molar-refractivity contribution in [1.29, 1.82) is 0 Å². The molecule has 2 aromatic heterocycles. The first-order valence-electron chi connectivity index (χ1n) is 8.77. The van der Waals surface area contributed by atoms with E-state index in [0.29, 0.717) is 12.3 Å². The number of nitrogens with zero attached hydrogens (tertiary/aromatic N) is 3. The number of hydrogen-bond donors (Lipinski definition) is 2. The summed E-state index contributed by atoms with van der Waals surface area (Å²) >= 11 is 0. The molecule has 0 aliphatic rings. The molecule has 0 saturated heterocycles. The van der Waals surface area contributed by atoms with Gasteiger partial charge < -0.3 is 19.6 Å². The Morgan fingerprint density at radius 1 is 1.38 bits per heavy atom. The molecule has 138 valence electrons. The molecule has 0 bridgehead atoms. The number of benzene rings is 1. The molecule has 2 N–H and O–H groups in total. The second-order valence-corrected chi connectivity index (χ2v) is 6.60. The highest BCUT2D eigenvalue weighted by Crippen LogP contribution is 2.23. The minimum Gasteiger partial charge on any atom is -0.385 e. The maximum atomic E-state index is 12.8. The van der Waals surface area contributed by atoms with Crippen LogP contribution in [0.4, 0.5) is 0 Å². The number of aromatic amines is 1. The first-order valence-corrected chi connectivity index (χ1v) is 8.77. The van der Waals surface area contributed by atoms with Gasteiger partial charge in [-0.3, -0.25) is 4.79 Å². The molecule has 26 heavy (non-hydrogen) atoms. The Balaban J connectivity index is 1.76. The van der Waals surface area contributed by atoms with E-state index in [2.05, 4.69) is 26.6 Å². The van der Waals surface area contributed by atoms with Crippen LogP contribution >= 0.6 is 0 Å². The van der Waals surface area contributed by atoms with Gasteiger partial charge in [-0.05, 0) is 44.9 Å². The Morgan fingerprint density at radius 2 is 2.19 bits per heavy atom. The monoisotopic (exact) mass is 355 g/mol. The lowest BCUT2D eigenvalue weighted by atomic mass is 10.1. The molecule has 1 amide bonds. The quantitative estimate of drug-likeness (QED) is 0.638. The maximum Gasteiger partial charge on any atom is 0.268 e. The van der Waals surface area contributed by atoms with Crippen LogP contribution < -0.4 is 5.32 Å². The largest absolute Gasteiger partial charge is 0.385 e. The highest BCUT2D eigenvalue weighted by molar-refractivity contribution is 6.01. The molecule has 7 nitrogen and oxygen atoms in total. The van der Waals surface area contributed by atoms with E-state index in [1.807, 2.05) is 37.5 Å². The molecule has 1 aromatic carbocycles. The van der Waals surface area contributed by atoms with Gasteiger partial charge in [0.25, 0.3) is 5.91 Å². The summed E-state index contributed by atoms with van der Waals surface area (Å²) in [5, 5.41) is 12.2. The van der Waals surface area contributed by atoms with Crippen molar-refractivity contribution in [3.8, 4) is 0 Å². The van der Waals surface area contributed by atoms with Gasteiger partial charge in [-0.1, -0.05) is 11.6 Å². The topological polar surface area (TPSA) is 84.8 Å². The van der Waals surface area contributed by atoms with Crippen LogP contribution in [-0.2, 0) is 11.3 Å². The summed E-state index contributed by atoms with van der Waals surface area (Å²) in [4.78, 5) is 16.0. The summed E-state index contributed by atoms with van der Waals surface area (Å²) in [5.74, 6) is 0.592. The normalized spacial score (nSPS) is 12.5. The van der Waals surface area contributed by atoms with Crippen molar-refractivity contribution in [2.45, 2.75) is 39.8 Å². The number of methoxy groups -OCH3 is 1. The number of carbonyl (C=O) groups excluding carboxylic acids is 1. The van der Waals surface area contributed by atoms with Gasteiger partial charge in [0.2, 0.25) is 0 Å². The Bertz CT molecular complexity index is 912. The van der Waals surface area contributed by atoms with Gasteiger partial charge in [0.15, 0.2) is 5.82 Å². The molecule has 3 rings (SSSR count). The molecule has 0 unspecified atom stereocenters. The zero-order chi connectivity index (χ0) is 18.7. The van der Waals surface area contributed by atoms with Crippen molar-refractivity contribution >= 4 is 16.8 Å². The van der Waals surface area contributed by atoms with Gasteiger partial charge in [0.05, 0.1) is 6.04 Å². The van der Waals surface area contributed by atoms with Crippen molar-refractivity contribution in [1.82, 2.24) is 25.1 Å². The highest BCUT2D eigenvalue weighted by atomic mass is 16.5. The Labute approximate surface area is 152 Å². The second-order valence-electron chi connectivity index (χ2n) is 6.60. The minimum atomic E-state index is -0.250. The van der Waals surface area contributed by atoms with E-state index in [4.69, 9.17) is 4.74 Å². The van der Waals surface area contributed by atoms with E-state index < -0.39 is 0 Å². The average molecular weight is 355 g/mol. The molecule has 0 radical (unpaired) electrons. The third kappa shape index (κ3) is 3.62. The zero-order valence-corrected chi connectivity index (χ0v) is 15.7. The fraction of sp³-hybridized carbons (Fsp3) is 0.421. The van der Waals surface area contributed by atoms with Crippen LogP contribution in [0.15, 0.2) is 24.5 Å². The fourth-order valence-corrected chi connectivity index (χ4v) is 3.15. The molecule has 0 spiro atoms. The average Bonchev–Trinajstić information content (AvgIpc) is 3.20. The number of rotatable bonds is 7. The second kappa shape index (κ2) is 7.70. The van der Waals surface area contributed by atoms with Gasteiger partial charge in [-0.25, -0.2) is 0 Å². The Hall–Kier alpha value is -2.67. The van der Waals surface area contributed by atoms with Crippen LogP contribution in [0.25, 0.3) is 10.9 Å². The van der Waals surface area contributed by atoms with Gasteiger partial charge in [0, 0.05) is 31.2 Å². The van der Waals surface area contributed by atoms with Gasteiger partial charge >= 0.3 is 0 Å². The van der Waals surface area contributed by atoms with E-state index in [1.165, 1.54) is 5.56 Å². The third-order valence-electron chi connectivity index (χ3n) is 4.57. The number of aromatic nitrogens is 4. The van der Waals surface area contributed by atoms with Crippen molar-refractivity contribution in [3.63, 3.8) is 0 Å². The predicted octanol–water partition coefficient (Wildman–Crippen LogP) is 2.90. The number of fused-ring (bicyclic) bond motifs is 1. The minimum absolute atomic E-state index is 0.143. The Morgan fingerprint density at radius 3 is 2.96 bits per heavy atom. The summed E-state index contributed by atoms with van der Waals surface area (Å²) in [6.07, 6.45) is 2.55. The zero-order valence-electron chi connectivity index (χ0n) is 15.7. The molecular formula is C19H25N5O2. The van der Waals surface area contributed by atoms with Gasteiger partial charge in [0.1, 0.15) is 12.0 Å². The predicted molar refractivity (Wildman–Crippen MR) is 100 cm³/mol. The van der Waals surface area contributed by atoms with Crippen LogP contribution in [0.5, 0.6) is 0 Å². The van der Waals surface area contributed by atoms with Crippen molar-refractivity contribution in [2.24, 2.45) is 0 Å². The number of aryl methyl sites for hydroxylation is 3. The highest BCUT2D eigenvalue weighted by Gasteiger charge is 2.20. The summed E-state index contributed by atoms with van der Waals surface area (Å²) in [6.45, 7) is 7.35. The summed E-state index contributed by atoms with van der Waals surface area (Å²) in [6, 6.07) is 5.88. The van der Waals surface area contributed by atoms with E-state index in [0.717, 1.165) is 35.3 Å². The molecule has 0 saturated carbocycles. The summed E-state index contributed by atoms with van der Waals surface area (Å²) in [5.41, 5.74) is 3.68. The fourth-order valence-electron chi connectivity index (χ4n) is 3.15. The van der Waals surface area contributed by atoms with Crippen molar-refractivity contribution in [2.75, 3.05) is 13.7 Å². The molecule has 7 heteroatoms. The van der Waals surface area contributed by atoms with E-state index in [-0.39, 0.29) is 11.9 Å². The molecule has 0 fully saturated rings. The molecule has 3 aromatic rings. The van der Waals surface area contributed by atoms with E-state index >= 15 is 0 Å². The SMILES string of the molecule is COCCCn1cnnc1[C@H](C)NC(=O)c1[nH]c2ccc(C)cc2c1C. The Kier molecular flexibility index (Phi) is 5.37. The number of hydrogen-bond acceptors (Lipinski definition) is 4. The lowest BCUT2D eigenvalue weighted by molar-refractivity contribution is 0.0932. The lowest BCUT2D eigenvalue weighted by Crippen LogP contribution is -2.29. The summed E-state index contributed by atoms with van der Waals surface area (Å²) < 4.78 is 7.03. The third-order valence-corrected chi connectivity index (χ3v) is 4.57. The maximum absolute atomic E-state index is 12.8. The van der Waals surface area contributed by atoms with Crippen molar-refractivity contribution < 1.29 is 9.53 Å². The van der Waals surface area contributed by atoms with E-state index in [9.17, 15) is 4.79 Å². The number of carbonyl (C=O) groups is 1. The van der Waals surface area contributed by atoms with E-state index in [1.54, 1.807) is 13.4 Å². The molecule has 0 aliphatic heterocycles. The van der Waals surface area contributed by atoms with Crippen LogP contribution in [0, 0.1) is 13.8 Å². The molecular weight excluding hydrogens is 330 g/mol. The van der Waals surface area contributed by atoms with Crippen LogP contribution in [-0.4, -0.2) is 39.4 Å².